The first kappa shape index (κ1) is 11.2. The quantitative estimate of drug-likeness (QED) is 0.714. The highest BCUT2D eigenvalue weighted by molar-refractivity contribution is 5.88. The summed E-state index contributed by atoms with van der Waals surface area (Å²) in [6.07, 6.45) is 0. The molecule has 0 spiro atoms. The molecule has 1 rings (SSSR count). The summed E-state index contributed by atoms with van der Waals surface area (Å²) in [5.41, 5.74) is 0.127. The summed E-state index contributed by atoms with van der Waals surface area (Å²) < 4.78 is 13.1. The van der Waals surface area contributed by atoms with E-state index in [-0.39, 0.29) is 5.56 Å². The minimum absolute atomic E-state index is 0.339. The fraction of sp³-hybridized carbons (Fsp3) is 0.182. The molecule has 0 bridgehead atoms. The van der Waals surface area contributed by atoms with E-state index >= 15 is 0 Å². The molecule has 0 aliphatic heterocycles. The number of carboxylic acids is 1. The second-order valence-electron chi connectivity index (χ2n) is 2.83. The first-order valence-electron chi connectivity index (χ1n) is 4.31. The Morgan fingerprint density at radius 1 is 1.60 bits per heavy atom. The first-order chi connectivity index (χ1) is 7.15. The van der Waals surface area contributed by atoms with Crippen molar-refractivity contribution in [2.75, 3.05) is 13.6 Å². The van der Waals surface area contributed by atoms with Crippen LogP contribution in [0.2, 0.25) is 0 Å². The Kier molecular flexibility index (Phi) is 3.83. The van der Waals surface area contributed by atoms with Gasteiger partial charge in [0.1, 0.15) is 5.82 Å². The van der Waals surface area contributed by atoms with Crippen molar-refractivity contribution in [2.45, 2.75) is 0 Å². The third-order valence-corrected chi connectivity index (χ3v) is 1.70. The van der Waals surface area contributed by atoms with Gasteiger partial charge in [0.15, 0.2) is 0 Å². The molecule has 0 saturated heterocycles. The highest BCUT2D eigenvalue weighted by Crippen LogP contribution is 2.09. The number of hydrogen-bond acceptors (Lipinski definition) is 2. The van der Waals surface area contributed by atoms with Crippen molar-refractivity contribution in [1.29, 1.82) is 0 Å². The maximum Gasteiger partial charge on any atom is 0.338 e. The Balaban J connectivity index is 2.93. The molecule has 0 atom stereocenters. The van der Waals surface area contributed by atoms with E-state index in [0.29, 0.717) is 12.1 Å². The first-order valence-corrected chi connectivity index (χ1v) is 4.31. The van der Waals surface area contributed by atoms with Crippen molar-refractivity contribution in [3.05, 3.63) is 35.1 Å². The minimum Gasteiger partial charge on any atom is -0.478 e. The number of benzene rings is 1. The molecule has 0 heterocycles. The fourth-order valence-corrected chi connectivity index (χ4v) is 1.00. The zero-order valence-electron chi connectivity index (χ0n) is 8.17. The predicted octanol–water partition coefficient (Wildman–Crippen LogP) is 1.09. The van der Waals surface area contributed by atoms with Crippen molar-refractivity contribution < 1.29 is 14.3 Å². The van der Waals surface area contributed by atoms with Gasteiger partial charge in [-0.1, -0.05) is 11.8 Å². The Morgan fingerprint density at radius 2 is 2.33 bits per heavy atom. The molecule has 4 heteroatoms. The van der Waals surface area contributed by atoms with Crippen LogP contribution in [0.25, 0.3) is 0 Å². The van der Waals surface area contributed by atoms with E-state index in [1.807, 2.05) is 0 Å². The zero-order valence-corrected chi connectivity index (χ0v) is 8.17. The van der Waals surface area contributed by atoms with Crippen LogP contribution in [-0.4, -0.2) is 24.7 Å². The second kappa shape index (κ2) is 5.13. The highest BCUT2D eigenvalue weighted by Gasteiger charge is 2.09. The van der Waals surface area contributed by atoms with Crippen molar-refractivity contribution in [2.24, 2.45) is 0 Å². The van der Waals surface area contributed by atoms with Crippen LogP contribution in [0.3, 0.4) is 0 Å². The molecule has 0 aliphatic carbocycles. The molecule has 3 nitrogen and oxygen atoms in total. The van der Waals surface area contributed by atoms with Gasteiger partial charge in [-0.2, -0.15) is 0 Å². The van der Waals surface area contributed by atoms with Gasteiger partial charge in [-0.15, -0.1) is 0 Å². The summed E-state index contributed by atoms with van der Waals surface area (Å²) in [5, 5.41) is 11.4. The third-order valence-electron chi connectivity index (χ3n) is 1.70. The topological polar surface area (TPSA) is 49.3 Å². The van der Waals surface area contributed by atoms with E-state index in [2.05, 4.69) is 17.2 Å². The lowest BCUT2D eigenvalue weighted by atomic mass is 10.1. The average Bonchev–Trinajstić information content (AvgIpc) is 2.17. The monoisotopic (exact) mass is 207 g/mol. The number of rotatable bonds is 2. The molecule has 0 saturated carbocycles. The van der Waals surface area contributed by atoms with Crippen LogP contribution in [0, 0.1) is 17.7 Å². The number of aromatic carboxylic acids is 1. The Labute approximate surface area is 86.9 Å². The van der Waals surface area contributed by atoms with Crippen molar-refractivity contribution >= 4 is 5.97 Å². The number of carboxylic acid groups (broad SMARTS) is 1. The van der Waals surface area contributed by atoms with Crippen LogP contribution < -0.4 is 5.32 Å². The van der Waals surface area contributed by atoms with Gasteiger partial charge in [-0.3, -0.25) is 0 Å². The molecular formula is C11H10FNO2. The normalized spacial score (nSPS) is 9.20. The summed E-state index contributed by atoms with van der Waals surface area (Å²) in [6, 6.07) is 3.81. The molecule has 0 fully saturated rings. The minimum atomic E-state index is -1.28. The van der Waals surface area contributed by atoms with Crippen molar-refractivity contribution in [3.8, 4) is 11.8 Å². The molecule has 78 valence electrons. The van der Waals surface area contributed by atoms with Crippen LogP contribution in [0.5, 0.6) is 0 Å². The molecule has 1 aromatic carbocycles. The van der Waals surface area contributed by atoms with Crippen molar-refractivity contribution in [1.82, 2.24) is 5.32 Å². The summed E-state index contributed by atoms with van der Waals surface area (Å²) in [5.74, 6) is 3.42. The highest BCUT2D eigenvalue weighted by atomic mass is 19.1. The van der Waals surface area contributed by atoms with Gasteiger partial charge in [0.2, 0.25) is 0 Å². The van der Waals surface area contributed by atoms with E-state index in [0.717, 1.165) is 6.07 Å². The number of nitrogens with one attached hydrogen (secondary N) is 1. The van der Waals surface area contributed by atoms with E-state index < -0.39 is 11.8 Å². The molecule has 1 aromatic rings. The third kappa shape index (κ3) is 3.08. The van der Waals surface area contributed by atoms with Crippen LogP contribution in [-0.2, 0) is 0 Å². The molecule has 0 amide bonds. The van der Waals surface area contributed by atoms with Gasteiger partial charge in [0.05, 0.1) is 12.1 Å². The summed E-state index contributed by atoms with van der Waals surface area (Å²) in [6.45, 7) is 0.502. The maximum absolute atomic E-state index is 13.1. The van der Waals surface area contributed by atoms with Gasteiger partial charge in [0.25, 0.3) is 0 Å². The fourth-order valence-electron chi connectivity index (χ4n) is 1.00. The van der Waals surface area contributed by atoms with Crippen LogP contribution in [0.1, 0.15) is 15.9 Å². The average molecular weight is 207 g/mol. The molecule has 0 unspecified atom stereocenters. The molecule has 0 radical (unpaired) electrons. The molecule has 15 heavy (non-hydrogen) atoms. The van der Waals surface area contributed by atoms with E-state index in [1.165, 1.54) is 12.1 Å². The van der Waals surface area contributed by atoms with Gasteiger partial charge in [-0.05, 0) is 25.2 Å². The van der Waals surface area contributed by atoms with Gasteiger partial charge >= 0.3 is 5.97 Å². The van der Waals surface area contributed by atoms with Gasteiger partial charge < -0.3 is 10.4 Å². The lowest BCUT2D eigenvalue weighted by Gasteiger charge is -1.97. The largest absolute Gasteiger partial charge is 0.478 e. The smallest absolute Gasteiger partial charge is 0.338 e. The summed E-state index contributed by atoms with van der Waals surface area (Å²) in [4.78, 5) is 10.5. The molecule has 0 aromatic heterocycles. The Bertz CT molecular complexity index is 432. The predicted molar refractivity (Wildman–Crippen MR) is 54.2 cm³/mol. The molecule has 2 N–H and O–H groups in total. The van der Waals surface area contributed by atoms with Crippen molar-refractivity contribution in [3.63, 3.8) is 0 Å². The molecular weight excluding hydrogens is 197 g/mol. The summed E-state index contributed by atoms with van der Waals surface area (Å²) in [7, 11) is 1.75. The van der Waals surface area contributed by atoms with E-state index in [4.69, 9.17) is 5.11 Å². The lowest BCUT2D eigenvalue weighted by molar-refractivity contribution is 0.0692. The lowest BCUT2D eigenvalue weighted by Crippen LogP contribution is -2.04. The number of halogens is 1. The van der Waals surface area contributed by atoms with Crippen LogP contribution >= 0.6 is 0 Å². The number of hydrogen-bond donors (Lipinski definition) is 2. The molecule has 0 aliphatic rings. The van der Waals surface area contributed by atoms with E-state index in [1.54, 1.807) is 7.05 Å². The van der Waals surface area contributed by atoms with Crippen LogP contribution in [0.15, 0.2) is 18.2 Å². The number of carbonyl (C=O) groups is 1. The van der Waals surface area contributed by atoms with Gasteiger partial charge in [-0.25, -0.2) is 9.18 Å². The maximum atomic E-state index is 13.1. The van der Waals surface area contributed by atoms with E-state index in [9.17, 15) is 9.18 Å². The van der Waals surface area contributed by atoms with Gasteiger partial charge in [0, 0.05) is 5.56 Å². The zero-order chi connectivity index (χ0) is 11.3. The Morgan fingerprint density at radius 3 is 2.87 bits per heavy atom. The van der Waals surface area contributed by atoms with Crippen LogP contribution in [0.4, 0.5) is 4.39 Å². The SMILES string of the molecule is CNCC#Cc1ccc(C(=O)O)c(F)c1. The second-order valence-corrected chi connectivity index (χ2v) is 2.83. The summed E-state index contributed by atoms with van der Waals surface area (Å²) >= 11 is 0. The standard InChI is InChI=1S/C11H10FNO2/c1-13-6-2-3-8-4-5-9(11(14)15)10(12)7-8/h4-5,7,13H,6H2,1H3,(H,14,15). The Hall–Kier alpha value is -1.86.